The number of para-hydroxylation sites is 2. The lowest BCUT2D eigenvalue weighted by Gasteiger charge is -2.30. The molecule has 1 aliphatic heterocycles. The van der Waals surface area contributed by atoms with Crippen molar-refractivity contribution >= 4 is 119 Å². The maximum absolute atomic E-state index is 6.08. The first-order valence-corrected chi connectivity index (χ1v) is 26.6. The first-order chi connectivity index (χ1) is 36.2. The van der Waals surface area contributed by atoms with Gasteiger partial charge >= 0.3 is 0 Å². The topological polar surface area (TPSA) is 22.2 Å². The van der Waals surface area contributed by atoms with Gasteiger partial charge in [0.2, 0.25) is 0 Å². The van der Waals surface area contributed by atoms with Crippen LogP contribution in [0, 0.1) is 5.92 Å². The van der Waals surface area contributed by atoms with Crippen LogP contribution in [0.4, 0.5) is 0 Å². The zero-order valence-corrected chi connectivity index (χ0v) is 41.3. The van der Waals surface area contributed by atoms with E-state index in [-0.39, 0.29) is 12.0 Å². The average molecular weight is 952 g/mol. The Morgan fingerprint density at radius 1 is 0.438 bits per heavy atom. The Hall–Kier alpha value is -8.57. The summed E-state index contributed by atoms with van der Waals surface area (Å²) >= 11 is 1.96. The molecule has 11 aromatic carbocycles. The number of benzene rings is 11. The van der Waals surface area contributed by atoms with Crippen molar-refractivity contribution in [3.05, 3.63) is 247 Å². The molecule has 0 bridgehead atoms. The largest absolute Gasteiger partial charge is 0.309 e. The van der Waals surface area contributed by atoms with Crippen LogP contribution in [0.2, 0.25) is 0 Å². The lowest BCUT2D eigenvalue weighted by Crippen LogP contribution is -2.18. The molecule has 0 radical (unpaired) electrons. The minimum absolute atomic E-state index is 0.0917. The third-order valence-corrected chi connectivity index (χ3v) is 17.3. The minimum Gasteiger partial charge on any atom is -0.309 e. The zero-order valence-electron chi connectivity index (χ0n) is 40.5. The molecule has 4 heterocycles. The fourth-order valence-electron chi connectivity index (χ4n) is 12.7. The summed E-state index contributed by atoms with van der Waals surface area (Å²) < 4.78 is 7.67. The van der Waals surface area contributed by atoms with Gasteiger partial charge in [0.05, 0.1) is 28.1 Å². The summed E-state index contributed by atoms with van der Waals surface area (Å²) in [5.74, 6) is 0.0917. The Balaban J connectivity index is 0.990. The van der Waals surface area contributed by atoms with Gasteiger partial charge in [0.15, 0.2) is 0 Å². The van der Waals surface area contributed by atoms with Gasteiger partial charge in [-0.25, -0.2) is 0 Å². The Bertz CT molecular complexity index is 4610. The second kappa shape index (κ2) is 16.8. The van der Waals surface area contributed by atoms with Gasteiger partial charge in [-0.3, -0.25) is 4.99 Å². The normalized spacial score (nSPS) is 17.0. The summed E-state index contributed by atoms with van der Waals surface area (Å²) in [6.07, 6.45) is 5.22. The highest BCUT2D eigenvalue weighted by Crippen LogP contribution is 2.50. The van der Waals surface area contributed by atoms with E-state index in [1.807, 2.05) is 11.3 Å². The molecule has 1 aliphatic rings. The van der Waals surface area contributed by atoms with E-state index < -0.39 is 0 Å². The molecule has 0 saturated heterocycles. The van der Waals surface area contributed by atoms with Crippen LogP contribution in [-0.4, -0.2) is 14.8 Å². The molecule has 0 N–H and O–H groups in total. The van der Waals surface area contributed by atoms with E-state index >= 15 is 0 Å². The van der Waals surface area contributed by atoms with Crippen LogP contribution >= 0.6 is 11.3 Å². The van der Waals surface area contributed by atoms with Crippen LogP contribution in [0.1, 0.15) is 48.9 Å². The van der Waals surface area contributed by atoms with Gasteiger partial charge in [-0.15, -0.1) is 11.3 Å². The maximum Gasteiger partial charge on any atom is 0.0820 e. The van der Waals surface area contributed by atoms with Crippen molar-refractivity contribution in [3.63, 3.8) is 0 Å². The third-order valence-electron chi connectivity index (χ3n) is 16.0. The number of fused-ring (bicyclic) bond motifs is 14. The maximum atomic E-state index is 6.08. The quantitative estimate of drug-likeness (QED) is 0.158. The molecule has 0 spiro atoms. The zero-order chi connectivity index (χ0) is 48.1. The highest BCUT2D eigenvalue weighted by molar-refractivity contribution is 7.27. The molecule has 4 heteroatoms. The predicted molar refractivity (Wildman–Crippen MR) is 314 cm³/mol. The molecular weight excluding hydrogens is 903 g/mol. The summed E-state index contributed by atoms with van der Waals surface area (Å²) in [7, 11) is 0. The first-order valence-electron chi connectivity index (χ1n) is 25.8. The van der Waals surface area contributed by atoms with Crippen molar-refractivity contribution < 1.29 is 0 Å². The van der Waals surface area contributed by atoms with E-state index in [1.165, 1.54) is 130 Å². The molecule has 0 saturated carbocycles. The second-order valence-corrected chi connectivity index (χ2v) is 20.9. The van der Waals surface area contributed by atoms with E-state index in [0.717, 1.165) is 24.9 Å². The Morgan fingerprint density at radius 3 is 1.89 bits per heavy atom. The van der Waals surface area contributed by atoms with Crippen LogP contribution in [0.5, 0.6) is 0 Å². The highest BCUT2D eigenvalue weighted by atomic mass is 32.1. The second-order valence-electron chi connectivity index (χ2n) is 19.9. The van der Waals surface area contributed by atoms with Gasteiger partial charge in [0.25, 0.3) is 0 Å². The smallest absolute Gasteiger partial charge is 0.0820 e. The molecule has 2 atom stereocenters. The standard InChI is InChI=1S/C69H49N3S/c1-2-50-53(30-17-32-60(70-67(50)45-21-5-3-6-22-45)55-31-18-34-62-66(55)56-29-15-16-33-61(56)71(62)48-25-7-4-8-26-48)57-41-49(42-58-54-37-35-44-20-12-14-28-52(44)68(54)73-69(57)58)72-63-38-36-43-19-11-13-27-51(43)65(63)59-39-46-23-9-10-24-47(46)40-64(59)72/h3-16,18-31,33-42,50,67H,2,17,32H2,1H3/b53-30+,70-60+. The number of hydrogen-bond donors (Lipinski definition) is 0. The van der Waals surface area contributed by atoms with Crippen LogP contribution in [-0.2, 0) is 0 Å². The lowest BCUT2D eigenvalue weighted by atomic mass is 9.79. The number of hydrogen-bond acceptors (Lipinski definition) is 2. The van der Waals surface area contributed by atoms with Crippen LogP contribution in [0.25, 0.3) is 113 Å². The van der Waals surface area contributed by atoms with Gasteiger partial charge in [-0.05, 0) is 123 Å². The molecule has 0 aliphatic carbocycles. The van der Waals surface area contributed by atoms with Crippen LogP contribution in [0.15, 0.2) is 236 Å². The van der Waals surface area contributed by atoms with Gasteiger partial charge in [-0.2, -0.15) is 0 Å². The van der Waals surface area contributed by atoms with Gasteiger partial charge in [-0.1, -0.05) is 183 Å². The molecule has 0 amide bonds. The molecule has 14 aromatic rings. The molecule has 0 fully saturated rings. The fourth-order valence-corrected chi connectivity index (χ4v) is 14.1. The summed E-state index contributed by atoms with van der Waals surface area (Å²) in [4.78, 5) is 6.08. The Labute approximate surface area is 427 Å². The van der Waals surface area contributed by atoms with Crippen molar-refractivity contribution in [1.82, 2.24) is 9.13 Å². The molecule has 3 nitrogen and oxygen atoms in total. The average Bonchev–Trinajstić information content (AvgIpc) is 4.11. The first kappa shape index (κ1) is 42.1. The number of aromatic nitrogens is 2. The van der Waals surface area contributed by atoms with Crippen molar-refractivity contribution in [1.29, 1.82) is 0 Å². The summed E-state index contributed by atoms with van der Waals surface area (Å²) in [6, 6.07) is 83.4. The minimum atomic E-state index is -0.120. The van der Waals surface area contributed by atoms with E-state index in [4.69, 9.17) is 4.99 Å². The van der Waals surface area contributed by atoms with Gasteiger partial charge in [0.1, 0.15) is 0 Å². The number of allylic oxidation sites excluding steroid dienone is 1. The molecule has 2 unspecified atom stereocenters. The van der Waals surface area contributed by atoms with Crippen molar-refractivity contribution in [2.75, 3.05) is 0 Å². The van der Waals surface area contributed by atoms with E-state index in [0.29, 0.717) is 0 Å². The number of thiophene rings is 1. The molecular formula is C69H49N3S. The summed E-state index contributed by atoms with van der Waals surface area (Å²) in [5.41, 5.74) is 13.5. The molecule has 3 aromatic heterocycles. The lowest BCUT2D eigenvalue weighted by molar-refractivity contribution is 0.520. The van der Waals surface area contributed by atoms with E-state index in [1.54, 1.807) is 0 Å². The van der Waals surface area contributed by atoms with Crippen LogP contribution in [0.3, 0.4) is 0 Å². The monoisotopic (exact) mass is 951 g/mol. The van der Waals surface area contributed by atoms with E-state index in [9.17, 15) is 0 Å². The number of aliphatic imine (C=N–C) groups is 1. The third kappa shape index (κ3) is 6.53. The SMILES string of the molecule is CCC1/C(c2cc(-n3c4cc5ccccc5cc4c4c5ccccc5ccc43)cc3c2sc2c4ccccc4ccc32)=C\CC/C(c2cccc3c2c2ccccc2n3-c2ccccc2)=N\C1c1ccccc1. The van der Waals surface area contributed by atoms with Gasteiger partial charge in [0, 0.05) is 70.3 Å². The van der Waals surface area contributed by atoms with Crippen molar-refractivity contribution in [2.45, 2.75) is 32.2 Å². The summed E-state index contributed by atoms with van der Waals surface area (Å²) in [5, 5.41) is 15.3. The number of nitrogens with zero attached hydrogens (tertiary/aromatic N) is 3. The van der Waals surface area contributed by atoms with Gasteiger partial charge < -0.3 is 9.13 Å². The predicted octanol–water partition coefficient (Wildman–Crippen LogP) is 19.1. The number of rotatable bonds is 6. The summed E-state index contributed by atoms with van der Waals surface area (Å²) in [6.45, 7) is 2.38. The molecule has 346 valence electrons. The van der Waals surface area contributed by atoms with Crippen molar-refractivity contribution in [3.8, 4) is 11.4 Å². The highest BCUT2D eigenvalue weighted by Gasteiger charge is 2.31. The fraction of sp³-hybridized carbons (Fsp3) is 0.0870. The Morgan fingerprint density at radius 2 is 1.08 bits per heavy atom. The molecule has 15 rings (SSSR count). The van der Waals surface area contributed by atoms with Crippen LogP contribution < -0.4 is 0 Å². The molecule has 73 heavy (non-hydrogen) atoms. The Kier molecular flexibility index (Phi) is 9.68. The van der Waals surface area contributed by atoms with E-state index in [2.05, 4.69) is 247 Å². The van der Waals surface area contributed by atoms with Crippen molar-refractivity contribution in [2.24, 2.45) is 10.9 Å².